The summed E-state index contributed by atoms with van der Waals surface area (Å²) >= 11 is 0. The quantitative estimate of drug-likeness (QED) is 0.653. The van der Waals surface area contributed by atoms with Crippen molar-refractivity contribution >= 4 is 9.84 Å². The van der Waals surface area contributed by atoms with Gasteiger partial charge >= 0.3 is 0 Å². The van der Waals surface area contributed by atoms with Crippen LogP contribution in [0.5, 0.6) is 0 Å². The average molecular weight is 235 g/mol. The molecular weight excluding hydrogens is 210 g/mol. The number of hydrogen-bond acceptors (Lipinski definition) is 3. The van der Waals surface area contributed by atoms with Crippen molar-refractivity contribution in [3.8, 4) is 0 Å². The summed E-state index contributed by atoms with van der Waals surface area (Å²) in [6, 6.07) is 0. The molecule has 0 spiro atoms. The summed E-state index contributed by atoms with van der Waals surface area (Å²) in [5.74, 6) is 0.565. The van der Waals surface area contributed by atoms with Crippen LogP contribution in [0.15, 0.2) is 0 Å². The Hall–Kier alpha value is -0.0900. The van der Waals surface area contributed by atoms with Crippen LogP contribution in [0.1, 0.15) is 40.5 Å². The highest BCUT2D eigenvalue weighted by atomic mass is 32.2. The van der Waals surface area contributed by atoms with Gasteiger partial charge in [0.05, 0.1) is 5.75 Å². The maximum absolute atomic E-state index is 11.4. The van der Waals surface area contributed by atoms with Crippen LogP contribution in [0, 0.1) is 5.41 Å². The van der Waals surface area contributed by atoms with Crippen LogP contribution in [-0.4, -0.2) is 33.0 Å². The van der Waals surface area contributed by atoms with E-state index in [9.17, 15) is 8.42 Å². The van der Waals surface area contributed by atoms with Crippen molar-refractivity contribution < 1.29 is 8.42 Å². The maximum atomic E-state index is 11.4. The van der Waals surface area contributed by atoms with E-state index in [4.69, 9.17) is 0 Å². The van der Waals surface area contributed by atoms with Crippen LogP contribution in [0.3, 0.4) is 0 Å². The van der Waals surface area contributed by atoms with Gasteiger partial charge in [0.1, 0.15) is 9.84 Å². The Morgan fingerprint density at radius 1 is 1.20 bits per heavy atom. The van der Waals surface area contributed by atoms with Crippen molar-refractivity contribution in [1.29, 1.82) is 0 Å². The fourth-order valence-electron chi connectivity index (χ4n) is 1.27. The molecule has 0 atom stereocenters. The first kappa shape index (κ1) is 14.9. The lowest BCUT2D eigenvalue weighted by Crippen LogP contribution is -2.31. The molecule has 0 unspecified atom stereocenters. The molecule has 0 saturated heterocycles. The van der Waals surface area contributed by atoms with Crippen LogP contribution < -0.4 is 5.32 Å². The molecule has 0 radical (unpaired) electrons. The first-order chi connectivity index (χ1) is 6.83. The van der Waals surface area contributed by atoms with Crippen molar-refractivity contribution in [2.24, 2.45) is 5.41 Å². The second kappa shape index (κ2) is 6.48. The van der Waals surface area contributed by atoms with Gasteiger partial charge in [-0.1, -0.05) is 27.7 Å². The Morgan fingerprint density at radius 3 is 2.27 bits per heavy atom. The molecule has 0 aliphatic rings. The van der Waals surface area contributed by atoms with E-state index in [2.05, 4.69) is 26.1 Å². The second-order valence-corrected chi connectivity index (χ2v) is 7.30. The molecule has 0 aromatic carbocycles. The third kappa shape index (κ3) is 7.79. The lowest BCUT2D eigenvalue weighted by Gasteiger charge is -2.24. The summed E-state index contributed by atoms with van der Waals surface area (Å²) in [6.07, 6.45) is 1.85. The monoisotopic (exact) mass is 235 g/mol. The molecule has 0 saturated carbocycles. The van der Waals surface area contributed by atoms with Gasteiger partial charge in [-0.05, 0) is 24.8 Å². The highest BCUT2D eigenvalue weighted by Crippen LogP contribution is 2.20. The molecule has 3 nitrogen and oxygen atoms in total. The maximum Gasteiger partial charge on any atom is 0.150 e. The van der Waals surface area contributed by atoms with E-state index in [0.29, 0.717) is 5.75 Å². The highest BCUT2D eigenvalue weighted by Gasteiger charge is 2.20. The first-order valence-corrected chi connectivity index (χ1v) is 7.56. The lowest BCUT2D eigenvalue weighted by molar-refractivity contribution is 0.329. The predicted octanol–water partition coefficient (Wildman–Crippen LogP) is 1.84. The zero-order valence-corrected chi connectivity index (χ0v) is 11.3. The average Bonchev–Trinajstić information content (AvgIpc) is 2.16. The van der Waals surface area contributed by atoms with Gasteiger partial charge in [0.15, 0.2) is 0 Å². The SMILES string of the molecule is CCCNCC(C)(C)CCS(=O)(=O)CC. The normalized spacial score (nSPS) is 13.1. The van der Waals surface area contributed by atoms with Gasteiger partial charge in [-0.15, -0.1) is 0 Å². The Morgan fingerprint density at radius 2 is 1.80 bits per heavy atom. The zero-order valence-electron chi connectivity index (χ0n) is 10.5. The fourth-order valence-corrected chi connectivity index (χ4v) is 2.42. The predicted molar refractivity (Wildman–Crippen MR) is 65.9 cm³/mol. The smallest absolute Gasteiger partial charge is 0.150 e. The zero-order chi connectivity index (χ0) is 11.9. The molecule has 92 valence electrons. The van der Waals surface area contributed by atoms with Gasteiger partial charge in [0.2, 0.25) is 0 Å². The third-order valence-electron chi connectivity index (χ3n) is 2.56. The summed E-state index contributed by atoms with van der Waals surface area (Å²) in [5.41, 5.74) is 0.0669. The molecule has 0 aliphatic carbocycles. The summed E-state index contributed by atoms with van der Waals surface area (Å²) in [7, 11) is -2.81. The van der Waals surface area contributed by atoms with E-state index in [-0.39, 0.29) is 11.2 Å². The first-order valence-electron chi connectivity index (χ1n) is 5.74. The Balaban J connectivity index is 3.93. The number of rotatable bonds is 8. The van der Waals surface area contributed by atoms with Crippen molar-refractivity contribution in [2.45, 2.75) is 40.5 Å². The fraction of sp³-hybridized carbons (Fsp3) is 1.00. The summed E-state index contributed by atoms with van der Waals surface area (Å²) < 4.78 is 22.7. The molecule has 0 rings (SSSR count). The molecule has 4 heteroatoms. The second-order valence-electron chi connectivity index (χ2n) is 4.83. The van der Waals surface area contributed by atoms with E-state index in [1.807, 2.05) is 0 Å². The van der Waals surface area contributed by atoms with Gasteiger partial charge in [0.25, 0.3) is 0 Å². The summed E-state index contributed by atoms with van der Waals surface area (Å²) in [5, 5.41) is 3.33. The number of nitrogens with one attached hydrogen (secondary N) is 1. The molecule has 1 N–H and O–H groups in total. The number of sulfone groups is 1. The van der Waals surface area contributed by atoms with Crippen LogP contribution in [0.25, 0.3) is 0 Å². The van der Waals surface area contributed by atoms with Gasteiger partial charge in [0, 0.05) is 12.3 Å². The van der Waals surface area contributed by atoms with Gasteiger partial charge in [-0.25, -0.2) is 8.42 Å². The molecule has 0 bridgehead atoms. The minimum absolute atomic E-state index is 0.0669. The van der Waals surface area contributed by atoms with E-state index in [0.717, 1.165) is 25.9 Å². The van der Waals surface area contributed by atoms with Crippen molar-refractivity contribution in [1.82, 2.24) is 5.32 Å². The van der Waals surface area contributed by atoms with Crippen LogP contribution in [0.2, 0.25) is 0 Å². The molecule has 0 fully saturated rings. The Kier molecular flexibility index (Phi) is 6.44. The lowest BCUT2D eigenvalue weighted by atomic mass is 9.90. The highest BCUT2D eigenvalue weighted by molar-refractivity contribution is 7.91. The van der Waals surface area contributed by atoms with Gasteiger partial charge in [-0.2, -0.15) is 0 Å². The van der Waals surface area contributed by atoms with E-state index >= 15 is 0 Å². The summed E-state index contributed by atoms with van der Waals surface area (Å²) in [6.45, 7) is 9.95. The molecule has 0 aliphatic heterocycles. The van der Waals surface area contributed by atoms with Crippen molar-refractivity contribution in [2.75, 3.05) is 24.6 Å². The minimum atomic E-state index is -2.81. The van der Waals surface area contributed by atoms with E-state index in [1.165, 1.54) is 0 Å². The summed E-state index contributed by atoms with van der Waals surface area (Å²) in [4.78, 5) is 0. The van der Waals surface area contributed by atoms with Gasteiger partial charge < -0.3 is 5.32 Å². The molecular formula is C11H25NO2S. The van der Waals surface area contributed by atoms with Crippen LogP contribution >= 0.6 is 0 Å². The van der Waals surface area contributed by atoms with Crippen molar-refractivity contribution in [3.05, 3.63) is 0 Å². The Labute approximate surface area is 94.6 Å². The molecule has 0 heterocycles. The molecule has 15 heavy (non-hydrogen) atoms. The number of hydrogen-bond donors (Lipinski definition) is 1. The molecule has 0 aromatic rings. The standard InChI is InChI=1S/C11H25NO2S/c1-5-8-12-10-11(3,4)7-9-15(13,14)6-2/h12H,5-10H2,1-4H3. The van der Waals surface area contributed by atoms with Crippen LogP contribution in [-0.2, 0) is 9.84 Å². The van der Waals surface area contributed by atoms with E-state index in [1.54, 1.807) is 6.92 Å². The van der Waals surface area contributed by atoms with Gasteiger partial charge in [-0.3, -0.25) is 0 Å². The van der Waals surface area contributed by atoms with Crippen molar-refractivity contribution in [3.63, 3.8) is 0 Å². The molecule has 0 aromatic heterocycles. The third-order valence-corrected chi connectivity index (χ3v) is 4.27. The topological polar surface area (TPSA) is 46.2 Å². The van der Waals surface area contributed by atoms with Crippen LogP contribution in [0.4, 0.5) is 0 Å². The van der Waals surface area contributed by atoms with E-state index < -0.39 is 9.84 Å². The largest absolute Gasteiger partial charge is 0.316 e. The molecule has 0 amide bonds. The Bertz CT molecular complexity index is 258. The minimum Gasteiger partial charge on any atom is -0.316 e.